The van der Waals surface area contributed by atoms with E-state index < -0.39 is 10.0 Å². The van der Waals surface area contributed by atoms with E-state index in [0.717, 1.165) is 25.9 Å². The molecule has 0 aromatic heterocycles. The smallest absolute Gasteiger partial charge is 0.245 e. The fourth-order valence-corrected chi connectivity index (χ4v) is 5.39. The van der Waals surface area contributed by atoms with E-state index in [9.17, 15) is 8.42 Å². The van der Waals surface area contributed by atoms with Crippen LogP contribution in [0.25, 0.3) is 0 Å². The van der Waals surface area contributed by atoms with Gasteiger partial charge in [-0.25, -0.2) is 8.42 Å². The van der Waals surface area contributed by atoms with Crippen LogP contribution < -0.4 is 14.4 Å². The Hall–Kier alpha value is -1.65. The van der Waals surface area contributed by atoms with Gasteiger partial charge < -0.3 is 9.64 Å². The molecule has 0 spiro atoms. The molecule has 0 saturated carbocycles. The minimum atomic E-state index is -3.91. The van der Waals surface area contributed by atoms with Gasteiger partial charge in [0.15, 0.2) is 5.75 Å². The van der Waals surface area contributed by atoms with Crippen molar-refractivity contribution in [2.24, 2.45) is 0 Å². The number of sulfonamides is 1. The third-order valence-electron chi connectivity index (χ3n) is 5.28. The van der Waals surface area contributed by atoms with E-state index >= 15 is 0 Å². The van der Waals surface area contributed by atoms with Gasteiger partial charge in [0.25, 0.3) is 0 Å². The van der Waals surface area contributed by atoms with Gasteiger partial charge in [0.2, 0.25) is 10.0 Å². The van der Waals surface area contributed by atoms with Crippen molar-refractivity contribution in [2.75, 3.05) is 32.1 Å². The fourth-order valence-electron chi connectivity index (χ4n) is 3.61. The highest BCUT2D eigenvalue weighted by atomic mass is 32.2. The Morgan fingerprint density at radius 3 is 2.42 bits per heavy atom. The molecule has 1 unspecified atom stereocenters. The lowest BCUT2D eigenvalue weighted by Gasteiger charge is -2.27. The molecule has 1 aliphatic heterocycles. The summed E-state index contributed by atoms with van der Waals surface area (Å²) in [6.45, 7) is 3.59. The van der Waals surface area contributed by atoms with E-state index in [1.165, 1.54) is 0 Å². The summed E-state index contributed by atoms with van der Waals surface area (Å²) in [5, 5.41) is 0. The summed E-state index contributed by atoms with van der Waals surface area (Å²) >= 11 is 9.61. The average Bonchev–Trinajstić information content (AvgIpc) is 3.27. The Morgan fingerprint density at radius 1 is 1.23 bits per heavy atom. The summed E-state index contributed by atoms with van der Waals surface area (Å²) in [6, 6.07) is 12.6. The van der Waals surface area contributed by atoms with E-state index in [4.69, 9.17) is 17.0 Å². The van der Waals surface area contributed by atoms with E-state index in [1.807, 2.05) is 62.3 Å². The molecule has 1 saturated heterocycles. The third-order valence-corrected chi connectivity index (χ3v) is 7.24. The molecule has 1 heterocycles. The van der Waals surface area contributed by atoms with Crippen molar-refractivity contribution in [3.8, 4) is 11.5 Å². The van der Waals surface area contributed by atoms with E-state index in [2.05, 4.69) is 22.3 Å². The van der Waals surface area contributed by atoms with E-state index in [-0.39, 0.29) is 11.1 Å². The lowest BCUT2D eigenvalue weighted by molar-refractivity contribution is 0.270. The topological polar surface area (TPSA) is 61.9 Å². The second kappa shape index (κ2) is 10.3. The highest BCUT2D eigenvalue weighted by Gasteiger charge is 2.30. The molecule has 0 aliphatic carbocycles. The van der Waals surface area contributed by atoms with Crippen molar-refractivity contribution >= 4 is 44.8 Å². The number of rotatable bonds is 9. The summed E-state index contributed by atoms with van der Waals surface area (Å²) in [6.07, 6.45) is 2.35. The van der Waals surface area contributed by atoms with Crippen LogP contribution in [0.4, 0.5) is 5.69 Å². The predicted octanol–water partition coefficient (Wildman–Crippen LogP) is 4.26. The first-order chi connectivity index (χ1) is 14.7. The Balaban J connectivity index is 2.19. The van der Waals surface area contributed by atoms with Gasteiger partial charge in [-0.3, -0.25) is 4.90 Å². The van der Waals surface area contributed by atoms with Crippen LogP contribution in [-0.2, 0) is 10.0 Å². The minimum Gasteiger partial charge on any atom is -0.454 e. The van der Waals surface area contributed by atoms with Gasteiger partial charge in [0, 0.05) is 18.7 Å². The zero-order valence-corrected chi connectivity index (χ0v) is 20.6. The number of thiol groups is 1. The van der Waals surface area contributed by atoms with Gasteiger partial charge in [-0.15, -0.1) is 12.6 Å². The van der Waals surface area contributed by atoms with Crippen LogP contribution in [0.3, 0.4) is 0 Å². The highest BCUT2D eigenvalue weighted by Crippen LogP contribution is 2.41. The number of nitrogens with one attached hydrogen (secondary N) is 1. The van der Waals surface area contributed by atoms with Crippen LogP contribution in [0.2, 0.25) is 0 Å². The van der Waals surface area contributed by atoms with Crippen LogP contribution in [0.1, 0.15) is 31.7 Å². The van der Waals surface area contributed by atoms with Crippen LogP contribution in [-0.4, -0.2) is 50.9 Å². The number of thiocarbonyl (C=S) groups is 1. The Kier molecular flexibility index (Phi) is 7.98. The lowest BCUT2D eigenvalue weighted by Crippen LogP contribution is -2.44. The lowest BCUT2D eigenvalue weighted by atomic mass is 10.2. The molecular formula is C22H29N3O3S3. The molecule has 0 bridgehead atoms. The molecule has 1 N–H and O–H groups in total. The zero-order valence-electron chi connectivity index (χ0n) is 18.0. The molecule has 31 heavy (non-hydrogen) atoms. The van der Waals surface area contributed by atoms with Gasteiger partial charge in [0.05, 0.1) is 16.0 Å². The van der Waals surface area contributed by atoms with Crippen molar-refractivity contribution in [1.29, 1.82) is 0 Å². The molecule has 2 aromatic carbocycles. The Bertz CT molecular complexity index is 1020. The first kappa shape index (κ1) is 24.0. The Labute approximate surface area is 196 Å². The standard InChI is InChI=1S/C22H29N3O3S3/c1-4-20(24(2)3)23-31(26,27)19-15-16(22(29)30)14-18(25-12-8-9-13-25)21(19)28-17-10-6-5-7-11-17/h5-7,10-11,14-15,20,23H,4,8-9,12-13H2,1-3H3,(H,29,30). The molecule has 1 fully saturated rings. The van der Waals surface area contributed by atoms with E-state index in [0.29, 0.717) is 33.4 Å². The Morgan fingerprint density at radius 2 is 1.87 bits per heavy atom. The van der Waals surface area contributed by atoms with Crippen LogP contribution in [0.5, 0.6) is 11.5 Å². The SMILES string of the molecule is CCC(NS(=O)(=O)c1cc(C(=S)S)cc(N2CCCC2)c1Oc1ccccc1)N(C)C. The van der Waals surface area contributed by atoms with Crippen LogP contribution in [0.15, 0.2) is 47.4 Å². The first-order valence-electron chi connectivity index (χ1n) is 10.3. The first-order valence-corrected chi connectivity index (χ1v) is 12.6. The molecular weight excluding hydrogens is 450 g/mol. The number of anilines is 1. The predicted molar refractivity (Wildman–Crippen MR) is 133 cm³/mol. The second-order valence-corrected chi connectivity index (χ2v) is 10.6. The largest absolute Gasteiger partial charge is 0.454 e. The number of hydrogen-bond acceptors (Lipinski definition) is 6. The quantitative estimate of drug-likeness (QED) is 0.318. The zero-order chi connectivity index (χ0) is 22.6. The second-order valence-electron chi connectivity index (χ2n) is 7.75. The molecule has 3 rings (SSSR count). The summed E-state index contributed by atoms with van der Waals surface area (Å²) in [4.78, 5) is 4.05. The maximum Gasteiger partial charge on any atom is 0.245 e. The minimum absolute atomic E-state index is 0.0625. The number of nitrogens with zero attached hydrogens (tertiary/aromatic N) is 2. The van der Waals surface area contributed by atoms with Crippen molar-refractivity contribution in [1.82, 2.24) is 9.62 Å². The molecule has 2 aromatic rings. The van der Waals surface area contributed by atoms with Crippen LogP contribution in [0, 0.1) is 0 Å². The molecule has 9 heteroatoms. The summed E-state index contributed by atoms with van der Waals surface area (Å²) in [7, 11) is -0.232. The van der Waals surface area contributed by atoms with Gasteiger partial charge in [-0.2, -0.15) is 4.72 Å². The number of hydrogen-bond donors (Lipinski definition) is 2. The number of benzene rings is 2. The van der Waals surface area contributed by atoms with Gasteiger partial charge >= 0.3 is 0 Å². The molecule has 1 aliphatic rings. The molecule has 0 amide bonds. The molecule has 1 atom stereocenters. The fraction of sp³-hybridized carbons (Fsp3) is 0.409. The van der Waals surface area contributed by atoms with E-state index in [1.54, 1.807) is 6.07 Å². The molecule has 0 radical (unpaired) electrons. The summed E-state index contributed by atoms with van der Waals surface area (Å²) < 4.78 is 36.5. The van der Waals surface area contributed by atoms with Crippen LogP contribution >= 0.6 is 24.8 Å². The number of ether oxygens (including phenoxy) is 1. The van der Waals surface area contributed by atoms with Crippen molar-refractivity contribution < 1.29 is 13.2 Å². The van der Waals surface area contributed by atoms with Gasteiger partial charge in [-0.05, 0) is 57.6 Å². The molecule has 6 nitrogen and oxygen atoms in total. The normalized spacial score (nSPS) is 15.3. The molecule has 168 valence electrons. The van der Waals surface area contributed by atoms with Gasteiger partial charge in [0.1, 0.15) is 10.6 Å². The monoisotopic (exact) mass is 479 g/mol. The number of para-hydroxylation sites is 1. The highest BCUT2D eigenvalue weighted by molar-refractivity contribution is 8.11. The summed E-state index contributed by atoms with van der Waals surface area (Å²) in [5.41, 5.74) is 1.30. The van der Waals surface area contributed by atoms with Gasteiger partial charge in [-0.1, -0.05) is 37.3 Å². The average molecular weight is 480 g/mol. The van der Waals surface area contributed by atoms with Crippen molar-refractivity contribution in [2.45, 2.75) is 37.2 Å². The third kappa shape index (κ3) is 5.78. The summed E-state index contributed by atoms with van der Waals surface area (Å²) in [5.74, 6) is 0.878. The van der Waals surface area contributed by atoms with Crippen molar-refractivity contribution in [3.63, 3.8) is 0 Å². The maximum absolute atomic E-state index is 13.6. The van der Waals surface area contributed by atoms with Crippen molar-refractivity contribution in [3.05, 3.63) is 48.0 Å². The maximum atomic E-state index is 13.6.